The smallest absolute Gasteiger partial charge is 0.416 e. The van der Waals surface area contributed by atoms with Crippen LogP contribution in [0.25, 0.3) is 5.65 Å². The number of nitrogens with one attached hydrogen (secondary N) is 2. The van der Waals surface area contributed by atoms with Crippen molar-refractivity contribution in [2.24, 2.45) is 5.92 Å². The number of benzene rings is 2. The van der Waals surface area contributed by atoms with Crippen molar-refractivity contribution >= 4 is 29.0 Å². The van der Waals surface area contributed by atoms with Crippen molar-refractivity contribution in [2.45, 2.75) is 19.0 Å². The van der Waals surface area contributed by atoms with Crippen LogP contribution in [0.1, 0.15) is 28.8 Å². The maximum Gasteiger partial charge on any atom is 0.416 e. The lowest BCUT2D eigenvalue weighted by molar-refractivity contribution is -0.137. The lowest BCUT2D eigenvalue weighted by Gasteiger charge is -2.10. The number of halogens is 3. The largest absolute Gasteiger partial charge is 0.438 e. The third-order valence-electron chi connectivity index (χ3n) is 5.28. The van der Waals surface area contributed by atoms with E-state index in [9.17, 15) is 22.8 Å². The number of carbonyl (C=O) groups is 2. The molecule has 1 saturated carbocycles. The number of hydrogen-bond acceptors (Lipinski definition) is 5. The molecule has 11 heteroatoms. The van der Waals surface area contributed by atoms with Gasteiger partial charge in [-0.2, -0.15) is 13.2 Å². The number of alkyl halides is 3. The molecule has 1 fully saturated rings. The van der Waals surface area contributed by atoms with E-state index in [1.807, 2.05) is 0 Å². The predicted octanol–water partition coefficient (Wildman–Crippen LogP) is 5.14. The molecule has 2 aromatic heterocycles. The molecule has 0 bridgehead atoms. The van der Waals surface area contributed by atoms with Gasteiger partial charge in [-0.05, 0) is 61.4 Å². The van der Waals surface area contributed by atoms with Gasteiger partial charge in [-0.25, -0.2) is 9.50 Å². The fourth-order valence-corrected chi connectivity index (χ4v) is 3.32. The van der Waals surface area contributed by atoms with Gasteiger partial charge in [-0.15, -0.1) is 5.10 Å². The molecule has 2 N–H and O–H groups in total. The molecule has 0 atom stereocenters. The molecular formula is C24H18F3N5O3. The van der Waals surface area contributed by atoms with Crippen molar-refractivity contribution in [3.05, 3.63) is 78.0 Å². The minimum atomic E-state index is -4.45. The molecular weight excluding hydrogens is 463 g/mol. The van der Waals surface area contributed by atoms with Crippen LogP contribution in [0.3, 0.4) is 0 Å². The van der Waals surface area contributed by atoms with Gasteiger partial charge >= 0.3 is 6.18 Å². The normalized spacial score (nSPS) is 13.5. The quantitative estimate of drug-likeness (QED) is 0.397. The Bertz CT molecular complexity index is 1410. The first-order valence-electron chi connectivity index (χ1n) is 10.7. The zero-order valence-corrected chi connectivity index (χ0v) is 18.0. The monoisotopic (exact) mass is 481 g/mol. The molecule has 1 aliphatic carbocycles. The van der Waals surface area contributed by atoms with E-state index < -0.39 is 17.6 Å². The van der Waals surface area contributed by atoms with Crippen LogP contribution in [0.15, 0.2) is 66.9 Å². The van der Waals surface area contributed by atoms with Gasteiger partial charge < -0.3 is 15.4 Å². The summed E-state index contributed by atoms with van der Waals surface area (Å²) in [4.78, 5) is 28.8. The second kappa shape index (κ2) is 8.75. The Morgan fingerprint density at radius 2 is 1.77 bits per heavy atom. The van der Waals surface area contributed by atoms with Gasteiger partial charge in [0.15, 0.2) is 11.5 Å². The molecule has 2 heterocycles. The first kappa shape index (κ1) is 22.4. The molecule has 2 aromatic carbocycles. The maximum absolute atomic E-state index is 12.7. The van der Waals surface area contributed by atoms with Crippen LogP contribution in [-0.2, 0) is 11.0 Å². The summed E-state index contributed by atoms with van der Waals surface area (Å²) in [5.41, 5.74) is 0.195. The van der Waals surface area contributed by atoms with Crippen LogP contribution >= 0.6 is 0 Å². The molecule has 8 nitrogen and oxygen atoms in total. The standard InChI is InChI=1S/C24H18F3N5O3/c25-24(26,27)16-6-8-17(9-7-16)28-23(34)15-2-1-3-18(12-15)35-21-11-10-20-29-19(13-32(20)31-21)30-22(33)14-4-5-14/h1-3,6-14H,4-5H2,(H,28,34)(H,30,33). The molecule has 5 rings (SSSR count). The van der Waals surface area contributed by atoms with Crippen LogP contribution in [0.5, 0.6) is 11.6 Å². The van der Waals surface area contributed by atoms with E-state index in [-0.39, 0.29) is 29.0 Å². The number of ether oxygens (including phenoxy) is 1. The molecule has 1 aliphatic rings. The number of fused-ring (bicyclic) bond motifs is 1. The molecule has 0 aliphatic heterocycles. The molecule has 4 aromatic rings. The highest BCUT2D eigenvalue weighted by Gasteiger charge is 2.30. The lowest BCUT2D eigenvalue weighted by Crippen LogP contribution is -2.13. The van der Waals surface area contributed by atoms with Crippen molar-refractivity contribution in [3.8, 4) is 11.6 Å². The summed E-state index contributed by atoms with van der Waals surface area (Å²) in [6.07, 6.45) is -1.10. The molecule has 0 saturated heterocycles. The Balaban J connectivity index is 1.27. The molecule has 0 radical (unpaired) electrons. The van der Waals surface area contributed by atoms with Crippen LogP contribution in [0, 0.1) is 5.92 Å². The van der Waals surface area contributed by atoms with Crippen molar-refractivity contribution < 1.29 is 27.5 Å². The third-order valence-corrected chi connectivity index (χ3v) is 5.28. The Labute approximate surface area is 196 Å². The Kier molecular flexibility index (Phi) is 5.59. The van der Waals surface area contributed by atoms with Gasteiger partial charge in [0, 0.05) is 23.2 Å². The first-order chi connectivity index (χ1) is 16.7. The van der Waals surface area contributed by atoms with E-state index in [1.165, 1.54) is 22.7 Å². The number of anilines is 2. The number of amides is 2. The predicted molar refractivity (Wildman–Crippen MR) is 120 cm³/mol. The number of imidazole rings is 1. The highest BCUT2D eigenvalue weighted by atomic mass is 19.4. The van der Waals surface area contributed by atoms with Gasteiger partial charge in [0.25, 0.3) is 5.91 Å². The van der Waals surface area contributed by atoms with E-state index in [1.54, 1.807) is 36.5 Å². The van der Waals surface area contributed by atoms with E-state index >= 15 is 0 Å². The summed E-state index contributed by atoms with van der Waals surface area (Å²) in [5, 5.41) is 9.64. The van der Waals surface area contributed by atoms with Crippen LogP contribution in [0.2, 0.25) is 0 Å². The van der Waals surface area contributed by atoms with Crippen LogP contribution in [-0.4, -0.2) is 26.4 Å². The Hall–Kier alpha value is -4.41. The topological polar surface area (TPSA) is 97.6 Å². The Morgan fingerprint density at radius 1 is 1.00 bits per heavy atom. The molecule has 178 valence electrons. The number of nitrogens with zero attached hydrogens (tertiary/aromatic N) is 3. The van der Waals surface area contributed by atoms with E-state index in [4.69, 9.17) is 4.74 Å². The fraction of sp³-hybridized carbons (Fsp3) is 0.167. The SMILES string of the molecule is O=C(Nc1ccc(C(F)(F)F)cc1)c1cccc(Oc2ccc3nc(NC(=O)C4CC4)cn3n2)c1. The average Bonchev–Trinajstić information content (AvgIpc) is 3.60. The van der Waals surface area contributed by atoms with Gasteiger partial charge in [0.1, 0.15) is 5.75 Å². The second-order valence-electron chi connectivity index (χ2n) is 8.02. The van der Waals surface area contributed by atoms with E-state index in [0.29, 0.717) is 17.2 Å². The minimum Gasteiger partial charge on any atom is -0.438 e. The maximum atomic E-state index is 12.7. The number of aromatic nitrogens is 3. The molecule has 0 spiro atoms. The van der Waals surface area contributed by atoms with Crippen molar-refractivity contribution in [3.63, 3.8) is 0 Å². The minimum absolute atomic E-state index is 0.0513. The number of rotatable bonds is 6. The highest BCUT2D eigenvalue weighted by molar-refractivity contribution is 6.04. The summed E-state index contributed by atoms with van der Waals surface area (Å²) in [5.74, 6) is 0.444. The first-order valence-corrected chi connectivity index (χ1v) is 10.7. The molecule has 0 unspecified atom stereocenters. The third kappa shape index (κ3) is 5.24. The van der Waals surface area contributed by atoms with Crippen molar-refractivity contribution in [2.75, 3.05) is 10.6 Å². The zero-order valence-electron chi connectivity index (χ0n) is 18.0. The summed E-state index contributed by atoms with van der Waals surface area (Å²) in [6.45, 7) is 0. The Morgan fingerprint density at radius 3 is 2.49 bits per heavy atom. The second-order valence-corrected chi connectivity index (χ2v) is 8.02. The fourth-order valence-electron chi connectivity index (χ4n) is 3.32. The lowest BCUT2D eigenvalue weighted by atomic mass is 10.1. The van der Waals surface area contributed by atoms with Crippen LogP contribution < -0.4 is 15.4 Å². The highest BCUT2D eigenvalue weighted by Crippen LogP contribution is 2.31. The summed E-state index contributed by atoms with van der Waals surface area (Å²) >= 11 is 0. The van der Waals surface area contributed by atoms with Gasteiger partial charge in [0.2, 0.25) is 11.8 Å². The average molecular weight is 481 g/mol. The van der Waals surface area contributed by atoms with Gasteiger partial charge in [-0.3, -0.25) is 9.59 Å². The number of hydrogen-bond donors (Lipinski definition) is 2. The molecule has 2 amide bonds. The number of carbonyl (C=O) groups excluding carboxylic acids is 2. The summed E-state index contributed by atoms with van der Waals surface area (Å²) < 4.78 is 45.4. The van der Waals surface area contributed by atoms with Gasteiger partial charge in [0.05, 0.1) is 11.8 Å². The van der Waals surface area contributed by atoms with Crippen molar-refractivity contribution in [1.82, 2.24) is 14.6 Å². The van der Waals surface area contributed by atoms with Crippen LogP contribution in [0.4, 0.5) is 24.7 Å². The zero-order chi connectivity index (χ0) is 24.6. The summed E-state index contributed by atoms with van der Waals surface area (Å²) in [7, 11) is 0. The van der Waals surface area contributed by atoms with E-state index in [0.717, 1.165) is 25.0 Å². The van der Waals surface area contributed by atoms with Crippen molar-refractivity contribution in [1.29, 1.82) is 0 Å². The van der Waals surface area contributed by atoms with Gasteiger partial charge in [-0.1, -0.05) is 6.07 Å². The van der Waals surface area contributed by atoms with E-state index in [2.05, 4.69) is 20.7 Å². The summed E-state index contributed by atoms with van der Waals surface area (Å²) in [6, 6.07) is 13.7. The molecule has 35 heavy (non-hydrogen) atoms.